The maximum Gasteiger partial charge on any atom is 0.329 e. The van der Waals surface area contributed by atoms with Gasteiger partial charge in [0.1, 0.15) is 5.54 Å². The van der Waals surface area contributed by atoms with Crippen molar-refractivity contribution in [2.75, 3.05) is 19.1 Å². The molecule has 0 aromatic carbocycles. The molecule has 1 saturated carbocycles. The van der Waals surface area contributed by atoms with Crippen molar-refractivity contribution in [3.8, 4) is 0 Å². The molecule has 21 heavy (non-hydrogen) atoms. The number of rotatable bonds is 6. The fourth-order valence-electron chi connectivity index (χ4n) is 2.89. The lowest BCUT2D eigenvalue weighted by Gasteiger charge is -2.38. The Bertz CT molecular complexity index is 378. The van der Waals surface area contributed by atoms with Crippen LogP contribution in [0, 0.1) is 5.92 Å². The van der Waals surface area contributed by atoms with Crippen LogP contribution in [0.15, 0.2) is 0 Å². The lowest BCUT2D eigenvalue weighted by atomic mass is 9.76. The number of carbonyl (C=O) groups excluding carboxylic acids is 1. The lowest BCUT2D eigenvalue weighted by molar-refractivity contribution is -0.146. The first kappa shape index (κ1) is 18.1. The van der Waals surface area contributed by atoms with Gasteiger partial charge in [-0.05, 0) is 44.1 Å². The molecule has 0 aromatic rings. The summed E-state index contributed by atoms with van der Waals surface area (Å²) >= 11 is 1.75. The molecule has 0 heterocycles. The molecule has 0 saturated heterocycles. The highest BCUT2D eigenvalue weighted by molar-refractivity contribution is 7.98. The Kier molecular flexibility index (Phi) is 6.84. The van der Waals surface area contributed by atoms with Gasteiger partial charge in [-0.3, -0.25) is 0 Å². The van der Waals surface area contributed by atoms with E-state index in [2.05, 4.69) is 5.32 Å². The molecule has 1 aliphatic carbocycles. The number of thioether (sulfide) groups is 1. The normalized spacial score (nSPS) is 27.0. The zero-order valence-corrected chi connectivity index (χ0v) is 14.3. The molecule has 0 spiro atoms. The molecule has 0 aromatic heterocycles. The SMILES string of the molecule is CSCCC(C)N(C)C(=O)NC1(C(=O)O)CCCC(C)C1. The number of urea groups is 1. The number of hydrogen-bond acceptors (Lipinski definition) is 3. The zero-order chi connectivity index (χ0) is 16.0. The average Bonchev–Trinajstić information content (AvgIpc) is 2.43. The zero-order valence-electron chi connectivity index (χ0n) is 13.5. The molecule has 1 aliphatic rings. The fourth-order valence-corrected chi connectivity index (χ4v) is 3.46. The Morgan fingerprint density at radius 2 is 2.19 bits per heavy atom. The Morgan fingerprint density at radius 3 is 2.71 bits per heavy atom. The van der Waals surface area contributed by atoms with Crippen molar-refractivity contribution in [2.45, 2.75) is 57.5 Å². The largest absolute Gasteiger partial charge is 0.480 e. The Hall–Kier alpha value is -0.910. The summed E-state index contributed by atoms with van der Waals surface area (Å²) in [4.78, 5) is 25.7. The molecule has 6 heteroatoms. The molecule has 1 rings (SSSR count). The maximum atomic E-state index is 12.4. The van der Waals surface area contributed by atoms with Crippen LogP contribution in [-0.4, -0.2) is 52.6 Å². The summed E-state index contributed by atoms with van der Waals surface area (Å²) in [6.07, 6.45) is 5.86. The molecule has 0 aliphatic heterocycles. The van der Waals surface area contributed by atoms with Gasteiger partial charge in [-0.1, -0.05) is 19.8 Å². The van der Waals surface area contributed by atoms with Crippen LogP contribution in [0.4, 0.5) is 4.79 Å². The molecule has 1 fully saturated rings. The molecule has 0 radical (unpaired) electrons. The number of aliphatic carboxylic acids is 1. The molecular weight excluding hydrogens is 288 g/mol. The second-order valence-electron chi connectivity index (χ2n) is 6.26. The highest BCUT2D eigenvalue weighted by atomic mass is 32.2. The van der Waals surface area contributed by atoms with Gasteiger partial charge in [0.2, 0.25) is 0 Å². The van der Waals surface area contributed by atoms with Gasteiger partial charge in [-0.25, -0.2) is 9.59 Å². The highest BCUT2D eigenvalue weighted by Crippen LogP contribution is 2.32. The molecule has 5 nitrogen and oxygen atoms in total. The number of nitrogens with zero attached hydrogens (tertiary/aromatic N) is 1. The molecule has 122 valence electrons. The van der Waals surface area contributed by atoms with Crippen molar-refractivity contribution in [2.24, 2.45) is 5.92 Å². The first-order valence-corrected chi connectivity index (χ1v) is 8.99. The van der Waals surface area contributed by atoms with E-state index in [0.717, 1.165) is 25.0 Å². The second-order valence-corrected chi connectivity index (χ2v) is 7.25. The van der Waals surface area contributed by atoms with Crippen LogP contribution in [0.5, 0.6) is 0 Å². The third-order valence-corrected chi connectivity index (χ3v) is 5.12. The van der Waals surface area contributed by atoms with E-state index in [4.69, 9.17) is 0 Å². The van der Waals surface area contributed by atoms with Crippen LogP contribution in [0.2, 0.25) is 0 Å². The topological polar surface area (TPSA) is 69.6 Å². The van der Waals surface area contributed by atoms with Gasteiger partial charge in [0, 0.05) is 13.1 Å². The number of nitrogens with one attached hydrogen (secondary N) is 1. The average molecular weight is 316 g/mol. The summed E-state index contributed by atoms with van der Waals surface area (Å²) < 4.78 is 0. The summed E-state index contributed by atoms with van der Waals surface area (Å²) in [6, 6.07) is -0.176. The van der Waals surface area contributed by atoms with Gasteiger partial charge in [-0.15, -0.1) is 0 Å². The lowest BCUT2D eigenvalue weighted by Crippen LogP contribution is -2.60. The predicted octanol–water partition coefficient (Wildman–Crippen LogP) is 2.80. The Labute approximate surface area is 131 Å². The number of carbonyl (C=O) groups is 2. The van der Waals surface area contributed by atoms with E-state index >= 15 is 0 Å². The minimum Gasteiger partial charge on any atom is -0.480 e. The molecule has 3 unspecified atom stereocenters. The van der Waals surface area contributed by atoms with Gasteiger partial charge in [0.05, 0.1) is 0 Å². The smallest absolute Gasteiger partial charge is 0.329 e. The number of carboxylic acids is 1. The summed E-state index contributed by atoms with van der Waals surface area (Å²) in [5.74, 6) is 0.404. The molecule has 2 N–H and O–H groups in total. The van der Waals surface area contributed by atoms with Crippen LogP contribution in [0.3, 0.4) is 0 Å². The van der Waals surface area contributed by atoms with Crippen molar-refractivity contribution in [3.63, 3.8) is 0 Å². The first-order valence-electron chi connectivity index (χ1n) is 7.59. The van der Waals surface area contributed by atoms with Crippen LogP contribution >= 0.6 is 11.8 Å². The second kappa shape index (κ2) is 7.92. The summed E-state index contributed by atoms with van der Waals surface area (Å²) in [5.41, 5.74) is -1.10. The molecule has 0 bridgehead atoms. The number of amides is 2. The first-order chi connectivity index (χ1) is 9.82. The van der Waals surface area contributed by atoms with Crippen molar-refractivity contribution in [1.29, 1.82) is 0 Å². The van der Waals surface area contributed by atoms with Crippen molar-refractivity contribution in [1.82, 2.24) is 10.2 Å². The van der Waals surface area contributed by atoms with Gasteiger partial charge >= 0.3 is 12.0 Å². The van der Waals surface area contributed by atoms with E-state index in [9.17, 15) is 14.7 Å². The summed E-state index contributed by atoms with van der Waals surface area (Å²) in [5, 5.41) is 12.4. The summed E-state index contributed by atoms with van der Waals surface area (Å²) in [6.45, 7) is 4.04. The van der Waals surface area contributed by atoms with Gasteiger partial charge in [0.25, 0.3) is 0 Å². The van der Waals surface area contributed by atoms with E-state index in [0.29, 0.717) is 18.8 Å². The van der Waals surface area contributed by atoms with E-state index < -0.39 is 11.5 Å². The number of hydrogen-bond donors (Lipinski definition) is 2. The molecular formula is C15H28N2O3S. The Balaban J connectivity index is 2.70. The third-order valence-electron chi connectivity index (χ3n) is 4.47. The monoisotopic (exact) mass is 316 g/mol. The Morgan fingerprint density at radius 1 is 1.52 bits per heavy atom. The molecule has 2 amide bonds. The third kappa shape index (κ3) is 4.80. The van der Waals surface area contributed by atoms with Crippen LogP contribution in [-0.2, 0) is 4.79 Å². The van der Waals surface area contributed by atoms with E-state index in [1.807, 2.05) is 20.1 Å². The van der Waals surface area contributed by atoms with Crippen LogP contribution in [0.1, 0.15) is 46.0 Å². The quantitative estimate of drug-likeness (QED) is 0.790. The van der Waals surface area contributed by atoms with E-state index in [-0.39, 0.29) is 12.1 Å². The van der Waals surface area contributed by atoms with E-state index in [1.54, 1.807) is 23.7 Å². The molecule has 3 atom stereocenters. The van der Waals surface area contributed by atoms with E-state index in [1.165, 1.54) is 0 Å². The predicted molar refractivity (Wildman–Crippen MR) is 86.8 cm³/mol. The standard InChI is InChI=1S/C15H28N2O3S/c1-11-6-5-8-15(10-11,13(18)19)16-14(20)17(3)12(2)7-9-21-4/h11-12H,5-10H2,1-4H3,(H,16,20)(H,18,19). The van der Waals surface area contributed by atoms with Gasteiger partial charge in [-0.2, -0.15) is 11.8 Å². The van der Waals surface area contributed by atoms with Crippen LogP contribution < -0.4 is 5.32 Å². The van der Waals surface area contributed by atoms with Crippen molar-refractivity contribution >= 4 is 23.8 Å². The van der Waals surface area contributed by atoms with Crippen molar-refractivity contribution in [3.05, 3.63) is 0 Å². The highest BCUT2D eigenvalue weighted by Gasteiger charge is 2.43. The van der Waals surface area contributed by atoms with Crippen LogP contribution in [0.25, 0.3) is 0 Å². The van der Waals surface area contributed by atoms with Gasteiger partial charge < -0.3 is 15.3 Å². The minimum absolute atomic E-state index is 0.101. The number of carboxylic acid groups (broad SMARTS) is 1. The fraction of sp³-hybridized carbons (Fsp3) is 0.867. The van der Waals surface area contributed by atoms with Crippen molar-refractivity contribution < 1.29 is 14.7 Å². The summed E-state index contributed by atoms with van der Waals surface area (Å²) in [7, 11) is 1.74. The van der Waals surface area contributed by atoms with Gasteiger partial charge in [0.15, 0.2) is 0 Å². The minimum atomic E-state index is -1.10. The maximum absolute atomic E-state index is 12.4.